The molecule has 0 aliphatic carbocycles. The molecule has 2 aliphatic rings. The van der Waals surface area contributed by atoms with E-state index in [1.165, 1.54) is 10.7 Å². The van der Waals surface area contributed by atoms with Crippen LogP contribution in [0.25, 0.3) is 0 Å². The van der Waals surface area contributed by atoms with Crippen molar-refractivity contribution >= 4 is 5.91 Å². The third-order valence-electron chi connectivity index (χ3n) is 5.47. The predicted octanol–water partition coefficient (Wildman–Crippen LogP) is 0.360. The van der Waals surface area contributed by atoms with Crippen LogP contribution in [0.15, 0.2) is 23.1 Å². The second-order valence-electron chi connectivity index (χ2n) is 7.88. The molecule has 2 fully saturated rings. The zero-order valence-corrected chi connectivity index (χ0v) is 16.5. The smallest absolute Gasteiger partial charge is 0.266 e. The molecule has 3 rings (SSSR count). The quantitative estimate of drug-likeness (QED) is 0.736. The standard InChI is InChI=1S/C19H30N4O4/c1-15(2)21(3)12-18(25)22-9-10-26-14-19(13-22)7-6-16(27-19)11-23-17(24)5-4-8-20-23/h4-5,8,15-16H,6-7,9-14H2,1-3H3. The maximum atomic E-state index is 12.7. The predicted molar refractivity (Wildman–Crippen MR) is 101 cm³/mol. The van der Waals surface area contributed by atoms with E-state index in [4.69, 9.17) is 9.47 Å². The number of hydrogen-bond acceptors (Lipinski definition) is 6. The molecule has 0 saturated carbocycles. The van der Waals surface area contributed by atoms with Crippen LogP contribution in [0.1, 0.15) is 26.7 Å². The molecule has 2 saturated heterocycles. The Bertz CT molecular complexity index is 707. The summed E-state index contributed by atoms with van der Waals surface area (Å²) in [4.78, 5) is 28.5. The Balaban J connectivity index is 1.64. The van der Waals surface area contributed by atoms with Crippen LogP contribution in [-0.2, 0) is 20.8 Å². The Morgan fingerprint density at radius 3 is 3.04 bits per heavy atom. The highest BCUT2D eigenvalue weighted by molar-refractivity contribution is 5.78. The van der Waals surface area contributed by atoms with Gasteiger partial charge in [-0.3, -0.25) is 14.5 Å². The summed E-state index contributed by atoms with van der Waals surface area (Å²) in [5.41, 5.74) is -0.626. The van der Waals surface area contributed by atoms with Crippen molar-refractivity contribution in [1.29, 1.82) is 0 Å². The molecule has 2 unspecified atom stereocenters. The lowest BCUT2D eigenvalue weighted by Gasteiger charge is -2.33. The summed E-state index contributed by atoms with van der Waals surface area (Å²) in [6.45, 7) is 7.07. The fourth-order valence-corrected chi connectivity index (χ4v) is 3.58. The van der Waals surface area contributed by atoms with Gasteiger partial charge < -0.3 is 14.4 Å². The van der Waals surface area contributed by atoms with Crippen LogP contribution in [0.2, 0.25) is 0 Å². The second-order valence-corrected chi connectivity index (χ2v) is 7.88. The molecule has 0 N–H and O–H groups in total. The summed E-state index contributed by atoms with van der Waals surface area (Å²) in [5.74, 6) is 0.101. The van der Waals surface area contributed by atoms with Gasteiger partial charge in [0.1, 0.15) is 5.60 Å². The van der Waals surface area contributed by atoms with Crippen LogP contribution in [0, 0.1) is 0 Å². The first kappa shape index (κ1) is 20.0. The van der Waals surface area contributed by atoms with E-state index in [1.54, 1.807) is 12.3 Å². The molecule has 8 nitrogen and oxygen atoms in total. The van der Waals surface area contributed by atoms with Crippen LogP contribution in [-0.4, -0.2) is 83.1 Å². The first-order valence-corrected chi connectivity index (χ1v) is 9.64. The number of rotatable bonds is 5. The van der Waals surface area contributed by atoms with Crippen molar-refractivity contribution in [3.05, 3.63) is 28.7 Å². The molecule has 1 amide bonds. The van der Waals surface area contributed by atoms with Gasteiger partial charge in [0, 0.05) is 24.8 Å². The van der Waals surface area contributed by atoms with Gasteiger partial charge in [0.05, 0.1) is 39.0 Å². The molecule has 1 aromatic rings. The summed E-state index contributed by atoms with van der Waals surface area (Å²) in [5, 5.41) is 4.11. The third-order valence-corrected chi connectivity index (χ3v) is 5.47. The maximum absolute atomic E-state index is 12.7. The van der Waals surface area contributed by atoms with Gasteiger partial charge in [0.15, 0.2) is 0 Å². The Hall–Kier alpha value is -1.77. The van der Waals surface area contributed by atoms with Gasteiger partial charge in [0.2, 0.25) is 5.91 Å². The van der Waals surface area contributed by atoms with Gasteiger partial charge >= 0.3 is 0 Å². The highest BCUT2D eigenvalue weighted by Crippen LogP contribution is 2.33. The molecule has 0 aromatic carbocycles. The number of nitrogens with zero attached hydrogens (tertiary/aromatic N) is 4. The van der Waals surface area contributed by atoms with Crippen molar-refractivity contribution in [3.63, 3.8) is 0 Å². The molecule has 27 heavy (non-hydrogen) atoms. The highest BCUT2D eigenvalue weighted by atomic mass is 16.6. The van der Waals surface area contributed by atoms with Crippen LogP contribution in [0.5, 0.6) is 0 Å². The van der Waals surface area contributed by atoms with E-state index in [1.807, 2.05) is 16.8 Å². The number of hydrogen-bond donors (Lipinski definition) is 0. The second kappa shape index (κ2) is 8.50. The average Bonchev–Trinajstić information content (AvgIpc) is 2.89. The van der Waals surface area contributed by atoms with Gasteiger partial charge in [-0.2, -0.15) is 5.10 Å². The van der Waals surface area contributed by atoms with Crippen molar-refractivity contribution in [2.75, 3.05) is 39.9 Å². The van der Waals surface area contributed by atoms with E-state index >= 15 is 0 Å². The molecule has 150 valence electrons. The molecule has 1 spiro atoms. The van der Waals surface area contributed by atoms with E-state index in [0.717, 1.165) is 12.8 Å². The number of likely N-dealkylation sites (N-methyl/N-ethyl adjacent to an activating group) is 1. The van der Waals surface area contributed by atoms with Crippen molar-refractivity contribution in [1.82, 2.24) is 19.6 Å². The van der Waals surface area contributed by atoms with Crippen LogP contribution < -0.4 is 5.56 Å². The molecule has 0 radical (unpaired) electrons. The molecule has 2 aliphatic heterocycles. The minimum Gasteiger partial charge on any atom is -0.377 e. The fourth-order valence-electron chi connectivity index (χ4n) is 3.58. The highest BCUT2D eigenvalue weighted by Gasteiger charge is 2.44. The van der Waals surface area contributed by atoms with Gasteiger partial charge in [-0.1, -0.05) is 0 Å². The molecule has 8 heteroatoms. The molecule has 2 atom stereocenters. The normalized spacial score (nSPS) is 26.1. The molecular weight excluding hydrogens is 348 g/mol. The fraction of sp³-hybridized carbons (Fsp3) is 0.737. The van der Waals surface area contributed by atoms with Crippen molar-refractivity contribution in [2.24, 2.45) is 0 Å². The van der Waals surface area contributed by atoms with E-state index in [9.17, 15) is 9.59 Å². The van der Waals surface area contributed by atoms with Gasteiger partial charge in [-0.15, -0.1) is 0 Å². The third kappa shape index (κ3) is 4.94. The largest absolute Gasteiger partial charge is 0.377 e. The van der Waals surface area contributed by atoms with Gasteiger partial charge in [-0.25, -0.2) is 4.68 Å². The lowest BCUT2D eigenvalue weighted by Crippen LogP contribution is -2.49. The number of ether oxygens (including phenoxy) is 2. The minimum atomic E-state index is -0.494. The summed E-state index contributed by atoms with van der Waals surface area (Å²) in [6, 6.07) is 3.44. The van der Waals surface area contributed by atoms with Crippen LogP contribution in [0.4, 0.5) is 0 Å². The Morgan fingerprint density at radius 1 is 1.48 bits per heavy atom. The minimum absolute atomic E-state index is 0.101. The number of amides is 1. The molecule has 0 bridgehead atoms. The molecule has 3 heterocycles. The number of carbonyl (C=O) groups is 1. The zero-order valence-electron chi connectivity index (χ0n) is 16.5. The van der Waals surface area contributed by atoms with Gasteiger partial charge in [-0.05, 0) is 39.8 Å². The molecular formula is C19H30N4O4. The lowest BCUT2D eigenvalue weighted by molar-refractivity contribution is -0.137. The van der Waals surface area contributed by atoms with Crippen molar-refractivity contribution in [2.45, 2.75) is 51.0 Å². The van der Waals surface area contributed by atoms with E-state index < -0.39 is 5.60 Å². The molecule has 1 aromatic heterocycles. The summed E-state index contributed by atoms with van der Waals surface area (Å²) in [7, 11) is 1.96. The van der Waals surface area contributed by atoms with Crippen LogP contribution >= 0.6 is 0 Å². The lowest BCUT2D eigenvalue weighted by atomic mass is 10.00. The Labute approximate surface area is 160 Å². The number of aromatic nitrogens is 2. The van der Waals surface area contributed by atoms with E-state index in [2.05, 4.69) is 18.9 Å². The van der Waals surface area contributed by atoms with E-state index in [0.29, 0.717) is 45.4 Å². The zero-order chi connectivity index (χ0) is 19.4. The SMILES string of the molecule is CC(C)N(C)CC(=O)N1CCOCC2(CCC(Cn3ncccc3=O)O2)C1. The summed E-state index contributed by atoms with van der Waals surface area (Å²) in [6.07, 6.45) is 3.13. The summed E-state index contributed by atoms with van der Waals surface area (Å²) < 4.78 is 13.5. The Kier molecular flexibility index (Phi) is 6.29. The van der Waals surface area contributed by atoms with Crippen molar-refractivity contribution < 1.29 is 14.3 Å². The van der Waals surface area contributed by atoms with Crippen LogP contribution in [0.3, 0.4) is 0 Å². The average molecular weight is 378 g/mol. The van der Waals surface area contributed by atoms with E-state index in [-0.39, 0.29) is 17.6 Å². The summed E-state index contributed by atoms with van der Waals surface area (Å²) >= 11 is 0. The number of carbonyl (C=O) groups excluding carboxylic acids is 1. The Morgan fingerprint density at radius 2 is 2.30 bits per heavy atom. The van der Waals surface area contributed by atoms with Crippen molar-refractivity contribution in [3.8, 4) is 0 Å². The topological polar surface area (TPSA) is 76.9 Å². The van der Waals surface area contributed by atoms with Gasteiger partial charge in [0.25, 0.3) is 5.56 Å². The first-order chi connectivity index (χ1) is 12.9. The maximum Gasteiger partial charge on any atom is 0.266 e. The monoisotopic (exact) mass is 378 g/mol. The first-order valence-electron chi connectivity index (χ1n) is 9.64.